The molecule has 0 bridgehead atoms. The van der Waals surface area contributed by atoms with Gasteiger partial charge in [-0.15, -0.1) is 11.3 Å². The van der Waals surface area contributed by atoms with Crippen molar-refractivity contribution in [2.45, 2.75) is 38.9 Å². The van der Waals surface area contributed by atoms with Gasteiger partial charge in [-0.2, -0.15) is 5.10 Å². The molecule has 6 heteroatoms. The fraction of sp³-hybridized carbons (Fsp3) is 0.353. The Bertz CT molecular complexity index is 792. The van der Waals surface area contributed by atoms with Crippen LogP contribution in [-0.4, -0.2) is 25.8 Å². The molecule has 0 saturated carbocycles. The lowest BCUT2D eigenvalue weighted by molar-refractivity contribution is 0.357. The maximum absolute atomic E-state index is 4.73. The predicted octanol–water partition coefficient (Wildman–Crippen LogP) is 2.81. The molecule has 2 aromatic heterocycles. The number of hydrogen-bond donors (Lipinski definition) is 1. The van der Waals surface area contributed by atoms with E-state index in [9.17, 15) is 0 Å². The van der Waals surface area contributed by atoms with Gasteiger partial charge in [-0.3, -0.25) is 0 Å². The van der Waals surface area contributed by atoms with Gasteiger partial charge in [0.05, 0.1) is 12.2 Å². The van der Waals surface area contributed by atoms with Crippen LogP contribution in [0.1, 0.15) is 23.1 Å². The molecule has 118 valence electrons. The highest BCUT2D eigenvalue weighted by molar-refractivity contribution is 7.09. The molecular weight excluding hydrogens is 306 g/mol. The van der Waals surface area contributed by atoms with Crippen LogP contribution < -0.4 is 5.32 Å². The summed E-state index contributed by atoms with van der Waals surface area (Å²) in [5.74, 6) is 1.98. The van der Waals surface area contributed by atoms with Crippen LogP contribution in [0.2, 0.25) is 0 Å². The largest absolute Gasteiger partial charge is 0.306 e. The summed E-state index contributed by atoms with van der Waals surface area (Å²) in [6, 6.07) is 10.8. The second-order valence-electron chi connectivity index (χ2n) is 5.87. The van der Waals surface area contributed by atoms with Crippen molar-refractivity contribution in [3.05, 3.63) is 52.4 Å². The number of benzene rings is 1. The van der Waals surface area contributed by atoms with Gasteiger partial charge < -0.3 is 5.32 Å². The first-order chi connectivity index (χ1) is 11.3. The highest BCUT2D eigenvalue weighted by atomic mass is 32.1. The van der Waals surface area contributed by atoms with Crippen LogP contribution in [0.25, 0.3) is 11.3 Å². The van der Waals surface area contributed by atoms with E-state index in [2.05, 4.69) is 32.9 Å². The molecule has 1 aromatic carbocycles. The van der Waals surface area contributed by atoms with Crippen LogP contribution in [0.5, 0.6) is 0 Å². The number of aromatic nitrogens is 4. The first-order valence-electron chi connectivity index (χ1n) is 7.91. The van der Waals surface area contributed by atoms with Crippen LogP contribution in [0.4, 0.5) is 0 Å². The van der Waals surface area contributed by atoms with Gasteiger partial charge in [0.1, 0.15) is 16.7 Å². The quantitative estimate of drug-likeness (QED) is 0.801. The van der Waals surface area contributed by atoms with Crippen LogP contribution in [0, 0.1) is 6.92 Å². The molecule has 1 unspecified atom stereocenters. The zero-order valence-corrected chi connectivity index (χ0v) is 13.9. The number of fused-ring (bicyclic) bond motifs is 1. The van der Waals surface area contributed by atoms with E-state index in [1.54, 1.807) is 11.3 Å². The molecule has 23 heavy (non-hydrogen) atoms. The van der Waals surface area contributed by atoms with Gasteiger partial charge in [-0.25, -0.2) is 14.6 Å². The second kappa shape index (κ2) is 6.22. The number of hydrogen-bond acceptors (Lipinski definition) is 5. The van der Waals surface area contributed by atoms with Crippen molar-refractivity contribution >= 4 is 11.3 Å². The zero-order valence-electron chi connectivity index (χ0n) is 13.1. The maximum atomic E-state index is 4.73. The molecule has 0 saturated heterocycles. The molecule has 1 atom stereocenters. The molecule has 0 aliphatic carbocycles. The molecule has 3 aromatic rings. The Morgan fingerprint density at radius 1 is 1.26 bits per heavy atom. The Balaban J connectivity index is 1.38. The highest BCUT2D eigenvalue weighted by Gasteiger charge is 2.20. The average Bonchev–Trinajstić information content (AvgIpc) is 3.18. The van der Waals surface area contributed by atoms with E-state index in [0.29, 0.717) is 6.04 Å². The van der Waals surface area contributed by atoms with Crippen molar-refractivity contribution in [1.82, 2.24) is 25.1 Å². The number of rotatable bonds is 4. The van der Waals surface area contributed by atoms with Crippen LogP contribution in [0.15, 0.2) is 35.7 Å². The summed E-state index contributed by atoms with van der Waals surface area (Å²) in [4.78, 5) is 9.19. The maximum Gasteiger partial charge on any atom is 0.147 e. The summed E-state index contributed by atoms with van der Waals surface area (Å²) < 4.78 is 2.04. The summed E-state index contributed by atoms with van der Waals surface area (Å²) in [6.45, 7) is 3.66. The fourth-order valence-corrected chi connectivity index (χ4v) is 3.72. The summed E-state index contributed by atoms with van der Waals surface area (Å²) in [6.07, 6.45) is 2.10. The van der Waals surface area contributed by atoms with E-state index in [-0.39, 0.29) is 0 Å². The number of nitrogens with one attached hydrogen (secondary N) is 1. The third-order valence-corrected chi connectivity index (χ3v) is 4.98. The summed E-state index contributed by atoms with van der Waals surface area (Å²) in [7, 11) is 0. The average molecular weight is 325 g/mol. The van der Waals surface area contributed by atoms with Crippen molar-refractivity contribution in [3.63, 3.8) is 0 Å². The first-order valence-corrected chi connectivity index (χ1v) is 8.79. The standard InChI is InChI=1S/C17H19N5S/c1-12-19-16-8-7-14(10-22(16)21-12)18-9-17-20-15(11-23-17)13-5-3-2-4-6-13/h2-6,11,14,18H,7-10H2,1H3. The fourth-order valence-electron chi connectivity index (χ4n) is 2.97. The van der Waals surface area contributed by atoms with Gasteiger partial charge in [-0.1, -0.05) is 30.3 Å². The molecule has 1 N–H and O–H groups in total. The van der Waals surface area contributed by atoms with E-state index in [0.717, 1.165) is 48.3 Å². The van der Waals surface area contributed by atoms with Gasteiger partial charge >= 0.3 is 0 Å². The minimum Gasteiger partial charge on any atom is -0.306 e. The zero-order chi connectivity index (χ0) is 15.6. The summed E-state index contributed by atoms with van der Waals surface area (Å²) >= 11 is 1.71. The smallest absolute Gasteiger partial charge is 0.147 e. The Morgan fingerprint density at radius 3 is 3.00 bits per heavy atom. The van der Waals surface area contributed by atoms with E-state index >= 15 is 0 Å². The Kier molecular flexibility index (Phi) is 3.93. The third kappa shape index (κ3) is 3.18. The van der Waals surface area contributed by atoms with Crippen LogP contribution in [0.3, 0.4) is 0 Å². The molecule has 1 aliphatic heterocycles. The summed E-state index contributed by atoms with van der Waals surface area (Å²) in [5, 5.41) is 11.3. The van der Waals surface area contributed by atoms with Crippen molar-refractivity contribution in [2.24, 2.45) is 0 Å². The normalized spacial score (nSPS) is 17.2. The molecular formula is C17H19N5S. The Morgan fingerprint density at radius 2 is 2.13 bits per heavy atom. The van der Waals surface area contributed by atoms with E-state index < -0.39 is 0 Å². The lowest BCUT2D eigenvalue weighted by Crippen LogP contribution is -2.37. The van der Waals surface area contributed by atoms with Crippen molar-refractivity contribution in [1.29, 1.82) is 0 Å². The Labute approximate surface area is 139 Å². The minimum atomic E-state index is 0.438. The number of nitrogens with zero attached hydrogens (tertiary/aromatic N) is 4. The molecule has 4 rings (SSSR count). The van der Waals surface area contributed by atoms with Gasteiger partial charge in [0, 0.05) is 30.0 Å². The summed E-state index contributed by atoms with van der Waals surface area (Å²) in [5.41, 5.74) is 2.24. The van der Waals surface area contributed by atoms with Gasteiger partial charge in [0.25, 0.3) is 0 Å². The van der Waals surface area contributed by atoms with E-state index in [4.69, 9.17) is 4.98 Å². The van der Waals surface area contributed by atoms with Gasteiger partial charge in [-0.05, 0) is 13.3 Å². The van der Waals surface area contributed by atoms with Crippen molar-refractivity contribution in [3.8, 4) is 11.3 Å². The number of thiazole rings is 1. The van der Waals surface area contributed by atoms with Crippen LogP contribution >= 0.6 is 11.3 Å². The lowest BCUT2D eigenvalue weighted by Gasteiger charge is -2.23. The Hall–Kier alpha value is -2.05. The molecule has 0 fully saturated rings. The van der Waals surface area contributed by atoms with Gasteiger partial charge in [0.15, 0.2) is 0 Å². The number of aryl methyl sites for hydroxylation is 2. The van der Waals surface area contributed by atoms with Crippen molar-refractivity contribution < 1.29 is 0 Å². The minimum absolute atomic E-state index is 0.438. The SMILES string of the molecule is Cc1nc2n(n1)CC(NCc1nc(-c3ccccc3)cs1)CC2. The molecule has 0 spiro atoms. The van der Waals surface area contributed by atoms with E-state index in [1.165, 1.54) is 5.56 Å². The highest BCUT2D eigenvalue weighted by Crippen LogP contribution is 2.22. The first kappa shape index (κ1) is 14.5. The molecule has 1 aliphatic rings. The van der Waals surface area contributed by atoms with Crippen LogP contribution in [-0.2, 0) is 19.5 Å². The molecule has 5 nitrogen and oxygen atoms in total. The monoisotopic (exact) mass is 325 g/mol. The predicted molar refractivity (Wildman–Crippen MR) is 91.3 cm³/mol. The van der Waals surface area contributed by atoms with Gasteiger partial charge in [0.2, 0.25) is 0 Å². The molecule has 3 heterocycles. The molecule has 0 radical (unpaired) electrons. The van der Waals surface area contributed by atoms with E-state index in [1.807, 2.05) is 29.8 Å². The molecule has 0 amide bonds. The third-order valence-electron chi connectivity index (χ3n) is 4.13. The van der Waals surface area contributed by atoms with Crippen molar-refractivity contribution in [2.75, 3.05) is 0 Å². The second-order valence-corrected chi connectivity index (χ2v) is 6.81. The lowest BCUT2D eigenvalue weighted by atomic mass is 10.1. The topological polar surface area (TPSA) is 55.6 Å².